The van der Waals surface area contributed by atoms with E-state index in [0.29, 0.717) is 6.54 Å². The zero-order valence-corrected chi connectivity index (χ0v) is 8.79. The summed E-state index contributed by atoms with van der Waals surface area (Å²) in [5, 5.41) is 9.59. The van der Waals surface area contributed by atoms with Crippen LogP contribution in [-0.4, -0.2) is 24.3 Å². The van der Waals surface area contributed by atoms with Crippen molar-refractivity contribution >= 4 is 5.69 Å². The molecule has 0 bridgehead atoms. The third-order valence-electron chi connectivity index (χ3n) is 1.89. The predicted molar refractivity (Wildman–Crippen MR) is 56.0 cm³/mol. The molecule has 0 saturated carbocycles. The molecule has 78 valence electrons. The molecule has 3 heteroatoms. The first-order chi connectivity index (χ1) is 6.38. The van der Waals surface area contributed by atoms with E-state index in [2.05, 4.69) is 0 Å². The zero-order valence-electron chi connectivity index (χ0n) is 8.79. The molecule has 14 heavy (non-hydrogen) atoms. The molecule has 0 unspecified atom stereocenters. The van der Waals surface area contributed by atoms with Gasteiger partial charge in [0.05, 0.1) is 5.60 Å². The Kier molecular flexibility index (Phi) is 3.11. The fourth-order valence-corrected chi connectivity index (χ4v) is 1.37. The maximum atomic E-state index is 12.6. The fraction of sp³-hybridized carbons (Fsp3) is 0.455. The van der Waals surface area contributed by atoms with Crippen molar-refractivity contribution in [3.63, 3.8) is 0 Å². The summed E-state index contributed by atoms with van der Waals surface area (Å²) >= 11 is 0. The number of benzene rings is 1. The number of hydrogen-bond donors (Lipinski definition) is 1. The van der Waals surface area contributed by atoms with E-state index in [9.17, 15) is 9.50 Å². The lowest BCUT2D eigenvalue weighted by atomic mass is 10.1. The summed E-state index contributed by atoms with van der Waals surface area (Å²) in [4.78, 5) is 1.89. The van der Waals surface area contributed by atoms with Crippen LogP contribution in [0.25, 0.3) is 0 Å². The van der Waals surface area contributed by atoms with E-state index in [0.717, 1.165) is 5.69 Å². The van der Waals surface area contributed by atoms with Crippen LogP contribution in [0.3, 0.4) is 0 Å². The Morgan fingerprint density at radius 2 is 1.79 bits per heavy atom. The maximum absolute atomic E-state index is 12.6. The van der Waals surface area contributed by atoms with Gasteiger partial charge in [0.2, 0.25) is 0 Å². The topological polar surface area (TPSA) is 23.5 Å². The van der Waals surface area contributed by atoms with Crippen molar-refractivity contribution < 1.29 is 9.50 Å². The summed E-state index contributed by atoms with van der Waals surface area (Å²) in [6.07, 6.45) is 0. The molecule has 0 aliphatic carbocycles. The highest BCUT2D eigenvalue weighted by molar-refractivity contribution is 5.45. The lowest BCUT2D eigenvalue weighted by molar-refractivity contribution is 0.0886. The molecule has 0 aromatic heterocycles. The molecule has 0 atom stereocenters. The number of aliphatic hydroxyl groups is 1. The number of anilines is 1. The maximum Gasteiger partial charge on any atom is 0.123 e. The standard InChI is InChI=1S/C11H16FNO/c1-11(2,14)8-13(3)10-6-4-9(12)5-7-10/h4-7,14H,8H2,1-3H3. The molecule has 0 aliphatic rings. The van der Waals surface area contributed by atoms with Crippen LogP contribution >= 0.6 is 0 Å². The van der Waals surface area contributed by atoms with Crippen molar-refractivity contribution in [1.82, 2.24) is 0 Å². The van der Waals surface area contributed by atoms with Gasteiger partial charge in [-0.1, -0.05) is 0 Å². The van der Waals surface area contributed by atoms with Crippen molar-refractivity contribution in [2.75, 3.05) is 18.5 Å². The number of rotatable bonds is 3. The molecule has 1 N–H and O–H groups in total. The van der Waals surface area contributed by atoms with Crippen molar-refractivity contribution in [3.05, 3.63) is 30.1 Å². The smallest absolute Gasteiger partial charge is 0.123 e. The number of halogens is 1. The van der Waals surface area contributed by atoms with E-state index in [1.54, 1.807) is 26.0 Å². The van der Waals surface area contributed by atoms with E-state index in [4.69, 9.17) is 0 Å². The van der Waals surface area contributed by atoms with Gasteiger partial charge >= 0.3 is 0 Å². The van der Waals surface area contributed by atoms with Crippen LogP contribution < -0.4 is 4.90 Å². The van der Waals surface area contributed by atoms with Gasteiger partial charge in [-0.25, -0.2) is 4.39 Å². The quantitative estimate of drug-likeness (QED) is 0.801. The fourth-order valence-electron chi connectivity index (χ4n) is 1.37. The van der Waals surface area contributed by atoms with E-state index >= 15 is 0 Å². The number of hydrogen-bond acceptors (Lipinski definition) is 2. The van der Waals surface area contributed by atoms with Gasteiger partial charge in [0.1, 0.15) is 5.82 Å². The molecule has 0 amide bonds. The monoisotopic (exact) mass is 197 g/mol. The van der Waals surface area contributed by atoms with Crippen LogP contribution in [0.4, 0.5) is 10.1 Å². The van der Waals surface area contributed by atoms with Crippen LogP contribution in [0.1, 0.15) is 13.8 Å². The second-order valence-electron chi connectivity index (χ2n) is 4.14. The van der Waals surface area contributed by atoms with Gasteiger partial charge in [-0.05, 0) is 38.1 Å². The van der Waals surface area contributed by atoms with Crippen LogP contribution in [0.15, 0.2) is 24.3 Å². The number of likely N-dealkylation sites (N-methyl/N-ethyl adjacent to an activating group) is 1. The van der Waals surface area contributed by atoms with Gasteiger partial charge < -0.3 is 10.0 Å². The highest BCUT2D eigenvalue weighted by Gasteiger charge is 2.15. The highest BCUT2D eigenvalue weighted by atomic mass is 19.1. The Morgan fingerprint density at radius 1 is 1.29 bits per heavy atom. The van der Waals surface area contributed by atoms with Crippen molar-refractivity contribution in [3.8, 4) is 0 Å². The Balaban J connectivity index is 2.70. The highest BCUT2D eigenvalue weighted by Crippen LogP contribution is 2.15. The van der Waals surface area contributed by atoms with Crippen LogP contribution in [0, 0.1) is 5.82 Å². The molecule has 0 fully saturated rings. The van der Waals surface area contributed by atoms with E-state index in [1.165, 1.54) is 12.1 Å². The average Bonchev–Trinajstić information content (AvgIpc) is 2.02. The van der Waals surface area contributed by atoms with E-state index < -0.39 is 5.60 Å². The second-order valence-corrected chi connectivity index (χ2v) is 4.14. The second kappa shape index (κ2) is 3.96. The molecular weight excluding hydrogens is 181 g/mol. The summed E-state index contributed by atoms with van der Waals surface area (Å²) in [5.41, 5.74) is 0.150. The largest absolute Gasteiger partial charge is 0.389 e. The summed E-state index contributed by atoms with van der Waals surface area (Å²) in [6, 6.07) is 6.22. The minimum Gasteiger partial charge on any atom is -0.389 e. The predicted octanol–water partition coefficient (Wildman–Crippen LogP) is 2.03. The molecule has 0 saturated heterocycles. The molecule has 2 nitrogen and oxygen atoms in total. The zero-order chi connectivity index (χ0) is 10.8. The lowest BCUT2D eigenvalue weighted by Crippen LogP contribution is -2.36. The third-order valence-corrected chi connectivity index (χ3v) is 1.89. The summed E-state index contributed by atoms with van der Waals surface area (Å²) < 4.78 is 12.6. The van der Waals surface area contributed by atoms with Crippen LogP contribution in [0.5, 0.6) is 0 Å². The normalized spacial score (nSPS) is 11.5. The van der Waals surface area contributed by atoms with Gasteiger partial charge in [-0.3, -0.25) is 0 Å². The molecule has 0 spiro atoms. The van der Waals surface area contributed by atoms with Crippen LogP contribution in [0.2, 0.25) is 0 Å². The molecule has 1 aromatic rings. The van der Waals surface area contributed by atoms with Gasteiger partial charge in [-0.15, -0.1) is 0 Å². The Hall–Kier alpha value is -1.09. The third kappa shape index (κ3) is 3.34. The van der Waals surface area contributed by atoms with Gasteiger partial charge in [0, 0.05) is 19.3 Å². The summed E-state index contributed by atoms with van der Waals surface area (Å²) in [6.45, 7) is 4.00. The molecule has 1 aromatic carbocycles. The average molecular weight is 197 g/mol. The van der Waals surface area contributed by atoms with Crippen molar-refractivity contribution in [2.24, 2.45) is 0 Å². The minimum absolute atomic E-state index is 0.245. The first-order valence-corrected chi connectivity index (χ1v) is 4.57. The van der Waals surface area contributed by atoms with Gasteiger partial charge in [0.15, 0.2) is 0 Å². The van der Waals surface area contributed by atoms with Gasteiger partial charge in [-0.2, -0.15) is 0 Å². The lowest BCUT2D eigenvalue weighted by Gasteiger charge is -2.27. The summed E-state index contributed by atoms with van der Waals surface area (Å²) in [5.74, 6) is -0.245. The molecule has 0 aliphatic heterocycles. The Morgan fingerprint density at radius 3 is 2.21 bits per heavy atom. The molecule has 0 radical (unpaired) electrons. The molecule has 1 rings (SSSR count). The van der Waals surface area contributed by atoms with Gasteiger partial charge in [0.25, 0.3) is 0 Å². The molecular formula is C11H16FNO. The number of nitrogens with zero attached hydrogens (tertiary/aromatic N) is 1. The minimum atomic E-state index is -0.747. The SMILES string of the molecule is CN(CC(C)(C)O)c1ccc(F)cc1. The Labute approximate surface area is 84.0 Å². The molecule has 0 heterocycles. The van der Waals surface area contributed by atoms with Crippen LogP contribution in [-0.2, 0) is 0 Å². The summed E-state index contributed by atoms with van der Waals surface area (Å²) in [7, 11) is 1.87. The first-order valence-electron chi connectivity index (χ1n) is 4.57. The van der Waals surface area contributed by atoms with Crippen molar-refractivity contribution in [1.29, 1.82) is 0 Å². The first kappa shape index (κ1) is 11.0. The van der Waals surface area contributed by atoms with E-state index in [1.807, 2.05) is 11.9 Å². The van der Waals surface area contributed by atoms with E-state index in [-0.39, 0.29) is 5.82 Å². The van der Waals surface area contributed by atoms with Crippen molar-refractivity contribution in [2.45, 2.75) is 19.4 Å². The Bertz CT molecular complexity index is 289.